The average molecular weight is 324 g/mol. The summed E-state index contributed by atoms with van der Waals surface area (Å²) in [6.07, 6.45) is 0. The van der Waals surface area contributed by atoms with Gasteiger partial charge in [0.05, 0.1) is 11.3 Å². The minimum atomic E-state index is -1.61. The van der Waals surface area contributed by atoms with Crippen LogP contribution in [0.4, 0.5) is 4.39 Å². The van der Waals surface area contributed by atoms with Gasteiger partial charge in [-0.15, -0.1) is 0 Å². The predicted molar refractivity (Wildman–Crippen MR) is 81.1 cm³/mol. The first-order valence-corrected chi connectivity index (χ1v) is 6.94. The molecule has 1 heterocycles. The number of aryl methyl sites for hydroxylation is 1. The van der Waals surface area contributed by atoms with Crippen LogP contribution in [0.2, 0.25) is 5.15 Å². The average Bonchev–Trinajstić information content (AvgIpc) is 2.39. The predicted octanol–water partition coefficient (Wildman–Crippen LogP) is 3.73. The molecule has 0 saturated heterocycles. The second-order valence-electron chi connectivity index (χ2n) is 5.34. The van der Waals surface area contributed by atoms with Gasteiger partial charge in [-0.3, -0.25) is 0 Å². The van der Waals surface area contributed by atoms with Crippen molar-refractivity contribution in [3.63, 3.8) is 0 Å². The summed E-state index contributed by atoms with van der Waals surface area (Å²) in [6, 6.07) is 7.67. The molecule has 22 heavy (non-hydrogen) atoms. The van der Waals surface area contributed by atoms with Gasteiger partial charge in [0.25, 0.3) is 0 Å². The molecular weight excluding hydrogens is 309 g/mol. The van der Waals surface area contributed by atoms with Gasteiger partial charge < -0.3 is 9.84 Å². The Morgan fingerprint density at radius 3 is 2.55 bits per heavy atom. The van der Waals surface area contributed by atoms with Crippen LogP contribution in [0.1, 0.15) is 29.8 Å². The van der Waals surface area contributed by atoms with Crippen molar-refractivity contribution in [2.75, 3.05) is 0 Å². The number of pyridine rings is 1. The molecule has 0 unspecified atom stereocenters. The van der Waals surface area contributed by atoms with Crippen molar-refractivity contribution in [3.8, 4) is 11.3 Å². The second kappa shape index (κ2) is 6.02. The number of hydrogen-bond donors (Lipinski definition) is 1. The van der Waals surface area contributed by atoms with Gasteiger partial charge >= 0.3 is 5.97 Å². The second-order valence-corrected chi connectivity index (χ2v) is 5.69. The van der Waals surface area contributed by atoms with Crippen molar-refractivity contribution in [1.82, 2.24) is 4.98 Å². The fraction of sp³-hybridized carbons (Fsp3) is 0.250. The molecule has 0 atom stereocenters. The van der Waals surface area contributed by atoms with E-state index in [1.165, 1.54) is 32.0 Å². The molecular formula is C16H15ClFNO3. The number of benzene rings is 1. The molecule has 1 aromatic heterocycles. The van der Waals surface area contributed by atoms with Crippen molar-refractivity contribution < 1.29 is 19.0 Å². The lowest BCUT2D eigenvalue weighted by Gasteiger charge is -2.18. The van der Waals surface area contributed by atoms with E-state index in [0.29, 0.717) is 16.8 Å². The van der Waals surface area contributed by atoms with Gasteiger partial charge in [0.1, 0.15) is 11.0 Å². The van der Waals surface area contributed by atoms with Gasteiger partial charge in [0, 0.05) is 19.4 Å². The van der Waals surface area contributed by atoms with Crippen LogP contribution in [-0.2, 0) is 4.74 Å². The zero-order valence-corrected chi connectivity index (χ0v) is 13.1. The Bertz CT molecular complexity index is 726. The number of halogens is 2. The highest BCUT2D eigenvalue weighted by molar-refractivity contribution is 6.32. The van der Waals surface area contributed by atoms with E-state index in [1.807, 2.05) is 0 Å². The van der Waals surface area contributed by atoms with Crippen LogP contribution in [0.3, 0.4) is 0 Å². The quantitative estimate of drug-likeness (QED) is 0.531. The van der Waals surface area contributed by atoms with E-state index in [0.717, 1.165) is 0 Å². The molecule has 1 N–H and O–H groups in total. The number of nitrogens with zero attached hydrogens (tertiary/aromatic N) is 1. The lowest BCUT2D eigenvalue weighted by atomic mass is 10.1. The summed E-state index contributed by atoms with van der Waals surface area (Å²) in [5.41, 5.74) is 1.54. The smallest absolute Gasteiger partial charge is 0.343 e. The lowest BCUT2D eigenvalue weighted by Crippen LogP contribution is -2.27. The zero-order valence-electron chi connectivity index (χ0n) is 12.4. The number of carbonyl (C=O) groups excluding carboxylic acids is 1. The first-order valence-electron chi connectivity index (χ1n) is 6.56. The number of hydrogen-bond acceptors (Lipinski definition) is 4. The summed E-state index contributed by atoms with van der Waals surface area (Å²) in [5, 5.41) is 9.40. The van der Waals surface area contributed by atoms with Gasteiger partial charge in [-0.1, -0.05) is 23.7 Å². The van der Waals surface area contributed by atoms with Gasteiger partial charge in [-0.25, -0.2) is 14.2 Å². The maximum atomic E-state index is 13.6. The monoisotopic (exact) mass is 323 g/mol. The van der Waals surface area contributed by atoms with Crippen LogP contribution in [-0.4, -0.2) is 21.8 Å². The molecule has 1 aromatic carbocycles. The normalized spacial score (nSPS) is 11.4. The largest absolute Gasteiger partial charge is 0.430 e. The van der Waals surface area contributed by atoms with Crippen LogP contribution in [0.25, 0.3) is 11.3 Å². The summed E-state index contributed by atoms with van der Waals surface area (Å²) in [6.45, 7) is 4.32. The molecule has 0 aliphatic rings. The number of carbonyl (C=O) groups is 1. The summed E-state index contributed by atoms with van der Waals surface area (Å²) in [5.74, 6) is -2.74. The van der Waals surface area contributed by atoms with Crippen LogP contribution in [0.15, 0.2) is 30.3 Å². The first kappa shape index (κ1) is 16.4. The van der Waals surface area contributed by atoms with Crippen molar-refractivity contribution in [1.29, 1.82) is 0 Å². The number of rotatable bonds is 3. The highest BCUT2D eigenvalue weighted by Crippen LogP contribution is 2.24. The molecule has 0 fully saturated rings. The Morgan fingerprint density at radius 1 is 1.32 bits per heavy atom. The Hall–Kier alpha value is -1.98. The first-order chi connectivity index (χ1) is 10.2. The maximum absolute atomic E-state index is 13.6. The molecule has 0 radical (unpaired) electrons. The summed E-state index contributed by atoms with van der Waals surface area (Å²) >= 11 is 5.99. The van der Waals surface area contributed by atoms with Crippen LogP contribution >= 0.6 is 11.6 Å². The van der Waals surface area contributed by atoms with Crippen molar-refractivity contribution in [2.24, 2.45) is 0 Å². The number of aliphatic hydroxyl groups is 1. The molecule has 0 spiro atoms. The Morgan fingerprint density at radius 2 is 2.00 bits per heavy atom. The summed E-state index contributed by atoms with van der Waals surface area (Å²) in [4.78, 5) is 15.9. The minimum Gasteiger partial charge on any atom is -0.430 e. The topological polar surface area (TPSA) is 59.4 Å². The third kappa shape index (κ3) is 3.81. The fourth-order valence-corrected chi connectivity index (χ4v) is 2.01. The van der Waals surface area contributed by atoms with E-state index < -0.39 is 11.8 Å². The SMILES string of the molecule is Cc1ccc(-c2ccc(C(=O)OC(C)(C)O)c(Cl)n2)cc1F. The molecule has 0 saturated carbocycles. The van der Waals surface area contributed by atoms with Gasteiger partial charge in [0.15, 0.2) is 0 Å². The number of esters is 1. The van der Waals surface area contributed by atoms with Crippen molar-refractivity contribution >= 4 is 17.6 Å². The molecule has 6 heteroatoms. The van der Waals surface area contributed by atoms with Crippen molar-refractivity contribution in [2.45, 2.75) is 26.6 Å². The fourth-order valence-electron chi connectivity index (χ4n) is 1.78. The van der Waals surface area contributed by atoms with Gasteiger partial charge in [0.2, 0.25) is 5.79 Å². The van der Waals surface area contributed by atoms with Crippen molar-refractivity contribution in [3.05, 3.63) is 52.4 Å². The Kier molecular flexibility index (Phi) is 4.49. The molecule has 0 aliphatic carbocycles. The van der Waals surface area contributed by atoms with E-state index >= 15 is 0 Å². The zero-order chi connectivity index (χ0) is 16.5. The van der Waals surface area contributed by atoms with Gasteiger partial charge in [-0.2, -0.15) is 0 Å². The minimum absolute atomic E-state index is 0.0279. The van der Waals surface area contributed by atoms with Crippen LogP contribution in [0, 0.1) is 12.7 Å². The summed E-state index contributed by atoms with van der Waals surface area (Å²) < 4.78 is 18.4. The molecule has 2 rings (SSSR count). The van der Waals surface area contributed by atoms with E-state index in [9.17, 15) is 14.3 Å². The Balaban J connectivity index is 2.33. The molecule has 2 aromatic rings. The molecule has 116 valence electrons. The lowest BCUT2D eigenvalue weighted by molar-refractivity contribution is -0.136. The van der Waals surface area contributed by atoms with E-state index in [4.69, 9.17) is 16.3 Å². The van der Waals surface area contributed by atoms with E-state index in [-0.39, 0.29) is 16.5 Å². The highest BCUT2D eigenvalue weighted by Gasteiger charge is 2.22. The number of ether oxygens (including phenoxy) is 1. The molecule has 4 nitrogen and oxygen atoms in total. The van der Waals surface area contributed by atoms with Gasteiger partial charge in [-0.05, 0) is 30.7 Å². The van der Waals surface area contributed by atoms with Crippen LogP contribution in [0.5, 0.6) is 0 Å². The van der Waals surface area contributed by atoms with Crippen LogP contribution < -0.4 is 0 Å². The molecule has 0 aliphatic heterocycles. The Labute approximate surface area is 132 Å². The molecule has 0 bridgehead atoms. The summed E-state index contributed by atoms with van der Waals surface area (Å²) in [7, 11) is 0. The molecule has 0 amide bonds. The standard InChI is InChI=1S/C16H15ClFNO3/c1-9-4-5-10(8-12(9)18)13-7-6-11(14(17)19-13)15(20)22-16(2,3)21/h4-8,21H,1-3H3. The third-order valence-electron chi connectivity index (χ3n) is 2.88. The van der Waals surface area contributed by atoms with E-state index in [2.05, 4.69) is 4.98 Å². The number of aromatic nitrogens is 1. The maximum Gasteiger partial charge on any atom is 0.343 e. The highest BCUT2D eigenvalue weighted by atomic mass is 35.5. The third-order valence-corrected chi connectivity index (χ3v) is 3.17. The van der Waals surface area contributed by atoms with E-state index in [1.54, 1.807) is 19.1 Å².